The molecule has 0 radical (unpaired) electrons. The van der Waals surface area contributed by atoms with Gasteiger partial charge in [-0.25, -0.2) is 28.1 Å². The molecule has 0 bridgehead atoms. The van der Waals surface area contributed by atoms with Crippen LogP contribution in [0.25, 0.3) is 0 Å². The molecule has 0 saturated heterocycles. The molecule has 15 heteroatoms. The van der Waals surface area contributed by atoms with E-state index in [4.69, 9.17) is 16.0 Å². The molecule has 0 aliphatic carbocycles. The Morgan fingerprint density at radius 1 is 0.804 bits per heavy atom. The first-order chi connectivity index (χ1) is 19.9. The van der Waals surface area contributed by atoms with Crippen molar-refractivity contribution >= 4 is 28.3 Å². The summed E-state index contributed by atoms with van der Waals surface area (Å²) >= 11 is 0. The van der Waals surface area contributed by atoms with Crippen LogP contribution in [0, 0.1) is 0 Å². The number of nitrogens with two attached hydrogens (primary N) is 2. The van der Waals surface area contributed by atoms with Gasteiger partial charge in [0.1, 0.15) is 5.69 Å². The van der Waals surface area contributed by atoms with Crippen LogP contribution < -0.4 is 15.6 Å². The molecule has 46 heavy (non-hydrogen) atoms. The number of nitrogens with zero attached hydrogens (tertiary/aromatic N) is 6. The van der Waals surface area contributed by atoms with E-state index in [2.05, 4.69) is 33.5 Å². The Morgan fingerprint density at radius 2 is 1.20 bits per heavy atom. The summed E-state index contributed by atoms with van der Waals surface area (Å²) in [5, 5.41) is 12.0. The molecule has 4 atom stereocenters. The van der Waals surface area contributed by atoms with E-state index in [1.165, 1.54) is 6.20 Å². The number of carbonyl (C=O) groups excluding carboxylic acids is 1. The quantitative estimate of drug-likeness (QED) is 0.251. The van der Waals surface area contributed by atoms with Gasteiger partial charge in [-0.3, -0.25) is 9.93 Å². The van der Waals surface area contributed by atoms with Crippen LogP contribution in [0.1, 0.15) is 124 Å². The Kier molecular flexibility index (Phi) is 30.5. The molecule has 0 unspecified atom stereocenters. The van der Waals surface area contributed by atoms with E-state index < -0.39 is 22.0 Å². The fourth-order valence-corrected chi connectivity index (χ4v) is 3.68. The molecule has 272 valence electrons. The van der Waals surface area contributed by atoms with Crippen LogP contribution in [0.4, 0.5) is 0 Å². The lowest BCUT2D eigenvalue weighted by atomic mass is 10.2. The lowest BCUT2D eigenvalue weighted by Gasteiger charge is -2.23. The van der Waals surface area contributed by atoms with Crippen molar-refractivity contribution in [2.45, 2.75) is 112 Å². The summed E-state index contributed by atoms with van der Waals surface area (Å²) < 4.78 is 30.6. The van der Waals surface area contributed by atoms with Crippen molar-refractivity contribution < 1.29 is 18.3 Å². The van der Waals surface area contributed by atoms with E-state index in [9.17, 15) is 13.2 Å². The fraction of sp³-hybridized carbons (Fsp3) is 0.677. The molecule has 3 rings (SSSR count). The molecule has 0 aliphatic heterocycles. The molecule has 0 aliphatic rings. The van der Waals surface area contributed by atoms with Gasteiger partial charge >= 0.3 is 0 Å². The Bertz CT molecular complexity index is 1210. The molecule has 3 heterocycles. The van der Waals surface area contributed by atoms with Gasteiger partial charge in [0.05, 0.1) is 74.1 Å². The van der Waals surface area contributed by atoms with E-state index in [1.807, 2.05) is 77.2 Å². The van der Waals surface area contributed by atoms with E-state index in [-0.39, 0.29) is 43.9 Å². The first kappa shape index (κ1) is 53.0. The minimum absolute atomic E-state index is 0. The summed E-state index contributed by atoms with van der Waals surface area (Å²) in [4.78, 5) is 21.8. The van der Waals surface area contributed by atoms with Crippen LogP contribution in [0.2, 0.25) is 0 Å². The topological polar surface area (TPSA) is 189 Å². The minimum Gasteiger partial charge on any atom is -0.400 e. The molecule has 0 saturated carbocycles. The summed E-state index contributed by atoms with van der Waals surface area (Å²) in [6.45, 7) is 15.5. The number of aromatic nitrogens is 6. The van der Waals surface area contributed by atoms with E-state index >= 15 is 0 Å². The molecule has 0 aromatic carbocycles. The van der Waals surface area contributed by atoms with Crippen LogP contribution in [0.15, 0.2) is 37.6 Å². The highest BCUT2D eigenvalue weighted by Gasteiger charge is 2.23. The van der Waals surface area contributed by atoms with E-state index in [0.29, 0.717) is 5.69 Å². The number of aliphatic hydroxyl groups is 1. The normalized spacial score (nSPS) is 12.8. The largest absolute Gasteiger partial charge is 0.400 e. The number of aryl methyl sites for hydroxylation is 3. The summed E-state index contributed by atoms with van der Waals surface area (Å²) in [7, 11) is 4.45. The van der Waals surface area contributed by atoms with Gasteiger partial charge in [0, 0.05) is 46.7 Å². The van der Waals surface area contributed by atoms with Crippen molar-refractivity contribution in [3.8, 4) is 0 Å². The summed E-state index contributed by atoms with van der Waals surface area (Å²) in [6, 6.07) is 0.222. The van der Waals surface area contributed by atoms with Crippen molar-refractivity contribution in [1.29, 1.82) is 0 Å². The smallest absolute Gasteiger partial charge is 0.168 e. The maximum absolute atomic E-state index is 12.0. The predicted molar refractivity (Wildman–Crippen MR) is 197 cm³/mol. The van der Waals surface area contributed by atoms with Gasteiger partial charge < -0.3 is 24.5 Å². The third-order valence-corrected chi connectivity index (χ3v) is 8.49. The molecule has 3 aromatic rings. The highest BCUT2D eigenvalue weighted by atomic mass is 32.2. The second-order valence-electron chi connectivity index (χ2n) is 11.3. The second kappa shape index (κ2) is 26.5. The van der Waals surface area contributed by atoms with Crippen molar-refractivity contribution in [2.75, 3.05) is 7.11 Å². The molecule has 3 aromatic heterocycles. The van der Waals surface area contributed by atoms with Gasteiger partial charge in [-0.15, -0.1) is 0 Å². The van der Waals surface area contributed by atoms with Crippen molar-refractivity contribution in [1.82, 2.24) is 33.4 Å². The molecule has 0 amide bonds. The number of rotatable bonds is 7. The van der Waals surface area contributed by atoms with Gasteiger partial charge in [0.2, 0.25) is 0 Å². The Morgan fingerprint density at radius 3 is 1.43 bits per heavy atom. The zero-order valence-electron chi connectivity index (χ0n) is 27.9. The SMILES string of the molecule is C.C.C.CC(C)(C)[S@](N)=O.CC[C@H](N)c1cncn1C.CC[C@H](N[S@](=O)C(C)(C)C)c1cncn1C.CO.Cn1cncc1C=O. The van der Waals surface area contributed by atoms with Crippen LogP contribution in [-0.2, 0) is 43.1 Å². The van der Waals surface area contributed by atoms with Crippen LogP contribution in [0.5, 0.6) is 0 Å². The Hall–Kier alpha value is -2.56. The molecular weight excluding hydrogens is 627 g/mol. The van der Waals surface area contributed by atoms with Crippen LogP contribution >= 0.6 is 0 Å². The summed E-state index contributed by atoms with van der Waals surface area (Å²) in [5.41, 5.74) is 8.55. The number of hydrogen-bond donors (Lipinski definition) is 4. The van der Waals surface area contributed by atoms with Crippen molar-refractivity contribution in [3.63, 3.8) is 0 Å². The standard InChI is InChI=1S/C11H21N3OS.C7H13N3.C5H6N2O.C4H11NOS.CH4O.3CH4/c1-6-9(10-7-12-8-14(10)5)13-16(15)11(2,3)4;1-3-6(8)7-4-9-5-10(7)2;1-7-4-6-2-5(7)3-8;1-4(2,3)7(5)6;1-2;;;/h7-9,13H,6H2,1-5H3;4-6H,3,8H2,1-2H3;2-4H,1H3;5H2,1-3H3;2H,1H3;3*1H4/t9-,16+;6-;;7-;;;;/m00.1..../s1. The number of imidazole rings is 3. The highest BCUT2D eigenvalue weighted by molar-refractivity contribution is 7.84. The zero-order chi connectivity index (χ0) is 34.0. The number of aliphatic hydroxyl groups excluding tert-OH is 1. The lowest BCUT2D eigenvalue weighted by molar-refractivity contribution is 0.111. The number of nitrogens with one attached hydrogen (secondary N) is 1. The highest BCUT2D eigenvalue weighted by Crippen LogP contribution is 2.19. The second-order valence-corrected chi connectivity index (χ2v) is 15.1. The first-order valence-electron chi connectivity index (χ1n) is 13.8. The lowest BCUT2D eigenvalue weighted by Crippen LogP contribution is -2.36. The van der Waals surface area contributed by atoms with Gasteiger partial charge in [-0.1, -0.05) is 36.1 Å². The Labute approximate surface area is 285 Å². The summed E-state index contributed by atoms with van der Waals surface area (Å²) in [6.07, 6.45) is 12.9. The minimum atomic E-state index is -1.18. The van der Waals surface area contributed by atoms with Crippen LogP contribution in [-0.4, -0.2) is 65.1 Å². The average molecular weight is 694 g/mol. The van der Waals surface area contributed by atoms with Crippen molar-refractivity contribution in [3.05, 3.63) is 54.7 Å². The van der Waals surface area contributed by atoms with E-state index in [1.54, 1.807) is 30.6 Å². The van der Waals surface area contributed by atoms with Gasteiger partial charge in [0.15, 0.2) is 6.29 Å². The van der Waals surface area contributed by atoms with Crippen LogP contribution in [0.3, 0.4) is 0 Å². The monoisotopic (exact) mass is 693 g/mol. The van der Waals surface area contributed by atoms with Gasteiger partial charge in [-0.05, 0) is 54.4 Å². The number of hydrogen-bond acceptors (Lipinski definition) is 8. The molecule has 0 spiro atoms. The molecular formula is C31H67N9O4S2. The third-order valence-electron chi connectivity index (χ3n) is 5.68. The molecule has 6 N–H and O–H groups in total. The van der Waals surface area contributed by atoms with Crippen molar-refractivity contribution in [2.24, 2.45) is 32.0 Å². The first-order valence-corrected chi connectivity index (χ1v) is 16.1. The third kappa shape index (κ3) is 20.5. The number of carbonyl (C=O) groups is 1. The van der Waals surface area contributed by atoms with Gasteiger partial charge in [0.25, 0.3) is 0 Å². The zero-order valence-corrected chi connectivity index (χ0v) is 29.6. The predicted octanol–water partition coefficient (Wildman–Crippen LogP) is 4.91. The van der Waals surface area contributed by atoms with Gasteiger partial charge in [-0.2, -0.15) is 0 Å². The Balaban J connectivity index is -0.000000164. The maximum atomic E-state index is 12.0. The molecule has 0 fully saturated rings. The average Bonchev–Trinajstić information content (AvgIpc) is 3.68. The maximum Gasteiger partial charge on any atom is 0.168 e. The van der Waals surface area contributed by atoms with E-state index in [0.717, 1.165) is 37.6 Å². The fourth-order valence-electron chi connectivity index (χ4n) is 2.78. The number of aldehydes is 1. The molecule has 13 nitrogen and oxygen atoms in total. The summed E-state index contributed by atoms with van der Waals surface area (Å²) in [5.74, 6) is 0.